The fraction of sp³-hybridized carbons (Fsp3) is 0.100. The van der Waals surface area contributed by atoms with Gasteiger partial charge in [0.25, 0.3) is 11.5 Å². The molecular weight excluding hydrogens is 356 g/mol. The van der Waals surface area contributed by atoms with Crippen LogP contribution in [0.4, 0.5) is 5.95 Å². The summed E-state index contributed by atoms with van der Waals surface area (Å²) < 4.78 is 3.18. The van der Waals surface area contributed by atoms with Crippen molar-refractivity contribution in [3.05, 3.63) is 82.9 Å². The first-order chi connectivity index (χ1) is 13.7. The molecule has 0 radical (unpaired) electrons. The standard InChI is InChI=1S/C20H18N6O2/c1-2-25-19(28)16-6-3-4-7-17(16)22-20(25)24-23-18(27)14-8-10-15(11-9-14)26-13-5-12-21-26/h3-13H,2H2,1H3,(H,22,24)(H,23,27). The first-order valence-corrected chi connectivity index (χ1v) is 8.83. The smallest absolute Gasteiger partial charge is 0.269 e. The molecule has 28 heavy (non-hydrogen) atoms. The van der Waals surface area contributed by atoms with Gasteiger partial charge in [-0.2, -0.15) is 5.10 Å². The van der Waals surface area contributed by atoms with Gasteiger partial charge in [0.1, 0.15) is 0 Å². The third-order valence-electron chi connectivity index (χ3n) is 4.36. The Kier molecular flexibility index (Phi) is 4.59. The second-order valence-electron chi connectivity index (χ2n) is 6.08. The Bertz CT molecular complexity index is 1180. The maximum atomic E-state index is 12.6. The zero-order chi connectivity index (χ0) is 19.5. The average Bonchev–Trinajstić information content (AvgIpc) is 3.27. The molecule has 0 bridgehead atoms. The highest BCUT2D eigenvalue weighted by atomic mass is 16.2. The van der Waals surface area contributed by atoms with Crippen LogP contribution >= 0.6 is 0 Å². The molecule has 0 spiro atoms. The Balaban J connectivity index is 1.54. The summed E-state index contributed by atoms with van der Waals surface area (Å²) in [5.74, 6) is -0.0511. The van der Waals surface area contributed by atoms with Gasteiger partial charge < -0.3 is 0 Å². The number of hydrogen-bond donors (Lipinski definition) is 2. The van der Waals surface area contributed by atoms with E-state index in [2.05, 4.69) is 20.9 Å². The number of benzene rings is 2. The Morgan fingerprint density at radius 1 is 1.07 bits per heavy atom. The highest BCUT2D eigenvalue weighted by molar-refractivity contribution is 5.95. The zero-order valence-corrected chi connectivity index (χ0v) is 15.2. The van der Waals surface area contributed by atoms with E-state index in [1.807, 2.05) is 25.3 Å². The van der Waals surface area contributed by atoms with Crippen LogP contribution in [0.5, 0.6) is 0 Å². The summed E-state index contributed by atoms with van der Waals surface area (Å²) in [5.41, 5.74) is 7.10. The quantitative estimate of drug-likeness (QED) is 0.523. The average molecular weight is 374 g/mol. The number of rotatable bonds is 5. The summed E-state index contributed by atoms with van der Waals surface area (Å²) in [5, 5.41) is 4.69. The molecule has 8 nitrogen and oxygen atoms in total. The number of carbonyl (C=O) groups excluding carboxylic acids is 1. The largest absolute Gasteiger partial charge is 0.277 e. The first kappa shape index (κ1) is 17.5. The Morgan fingerprint density at radius 2 is 1.86 bits per heavy atom. The molecule has 0 fully saturated rings. The normalized spacial score (nSPS) is 10.8. The SMILES string of the molecule is CCn1c(NNC(=O)c2ccc(-n3cccn3)cc2)nc2ccccc2c1=O. The second-order valence-corrected chi connectivity index (χ2v) is 6.08. The molecule has 4 aromatic rings. The van der Waals surface area contributed by atoms with Crippen molar-refractivity contribution in [1.29, 1.82) is 0 Å². The van der Waals surface area contributed by atoms with E-state index < -0.39 is 0 Å². The molecular formula is C20H18N6O2. The van der Waals surface area contributed by atoms with Crippen LogP contribution in [0.3, 0.4) is 0 Å². The number of amides is 1. The lowest BCUT2D eigenvalue weighted by Crippen LogP contribution is -2.34. The number of para-hydroxylation sites is 1. The van der Waals surface area contributed by atoms with E-state index >= 15 is 0 Å². The molecule has 0 aliphatic carbocycles. The summed E-state index contributed by atoms with van der Waals surface area (Å²) in [4.78, 5) is 29.5. The molecule has 140 valence electrons. The van der Waals surface area contributed by atoms with Crippen molar-refractivity contribution in [2.75, 3.05) is 5.43 Å². The van der Waals surface area contributed by atoms with Gasteiger partial charge in [0, 0.05) is 24.5 Å². The Labute approximate surface area is 160 Å². The molecule has 1 amide bonds. The van der Waals surface area contributed by atoms with Crippen LogP contribution in [0.1, 0.15) is 17.3 Å². The molecule has 0 saturated heterocycles. The molecule has 8 heteroatoms. The summed E-state index contributed by atoms with van der Waals surface area (Å²) in [7, 11) is 0. The van der Waals surface area contributed by atoms with E-state index in [0.29, 0.717) is 23.0 Å². The fourth-order valence-electron chi connectivity index (χ4n) is 2.93. The molecule has 0 unspecified atom stereocenters. The highest BCUT2D eigenvalue weighted by Crippen LogP contribution is 2.11. The number of hydrazine groups is 1. The monoisotopic (exact) mass is 374 g/mol. The molecule has 0 aliphatic rings. The van der Waals surface area contributed by atoms with Crippen molar-refractivity contribution < 1.29 is 4.79 Å². The molecule has 0 saturated carbocycles. The van der Waals surface area contributed by atoms with E-state index in [9.17, 15) is 9.59 Å². The maximum absolute atomic E-state index is 12.6. The van der Waals surface area contributed by atoms with Gasteiger partial charge >= 0.3 is 0 Å². The molecule has 2 aromatic heterocycles. The topological polar surface area (TPSA) is 93.8 Å². The predicted octanol–water partition coefficient (Wildman–Crippen LogP) is 2.36. The lowest BCUT2D eigenvalue weighted by Gasteiger charge is -2.14. The predicted molar refractivity (Wildman–Crippen MR) is 106 cm³/mol. The van der Waals surface area contributed by atoms with Crippen LogP contribution in [-0.2, 0) is 6.54 Å². The number of fused-ring (bicyclic) bond motifs is 1. The molecule has 2 N–H and O–H groups in total. The summed E-state index contributed by atoms with van der Waals surface area (Å²) in [6.07, 6.45) is 3.51. The number of hydrogen-bond acceptors (Lipinski definition) is 5. The van der Waals surface area contributed by atoms with E-state index in [1.54, 1.807) is 53.3 Å². The van der Waals surface area contributed by atoms with Crippen LogP contribution in [0.2, 0.25) is 0 Å². The number of nitrogens with zero attached hydrogens (tertiary/aromatic N) is 4. The van der Waals surface area contributed by atoms with Gasteiger partial charge in [0.15, 0.2) is 0 Å². The minimum absolute atomic E-state index is 0.159. The summed E-state index contributed by atoms with van der Waals surface area (Å²) in [6, 6.07) is 16.0. The summed E-state index contributed by atoms with van der Waals surface area (Å²) >= 11 is 0. The van der Waals surface area contributed by atoms with E-state index in [0.717, 1.165) is 5.69 Å². The number of carbonyl (C=O) groups is 1. The highest BCUT2D eigenvalue weighted by Gasteiger charge is 2.11. The van der Waals surface area contributed by atoms with Crippen molar-refractivity contribution >= 4 is 22.8 Å². The van der Waals surface area contributed by atoms with Gasteiger partial charge in [0.05, 0.1) is 16.6 Å². The summed E-state index contributed by atoms with van der Waals surface area (Å²) in [6.45, 7) is 2.27. The van der Waals surface area contributed by atoms with Crippen molar-refractivity contribution in [2.45, 2.75) is 13.5 Å². The molecule has 2 heterocycles. The van der Waals surface area contributed by atoms with Gasteiger partial charge in [-0.25, -0.2) is 9.67 Å². The molecule has 4 rings (SSSR count). The van der Waals surface area contributed by atoms with E-state index in [1.165, 1.54) is 4.57 Å². The zero-order valence-electron chi connectivity index (χ0n) is 15.2. The maximum Gasteiger partial charge on any atom is 0.269 e. The van der Waals surface area contributed by atoms with Crippen LogP contribution in [-0.4, -0.2) is 25.2 Å². The van der Waals surface area contributed by atoms with Crippen LogP contribution in [0.25, 0.3) is 16.6 Å². The first-order valence-electron chi connectivity index (χ1n) is 8.83. The van der Waals surface area contributed by atoms with Crippen molar-refractivity contribution in [3.63, 3.8) is 0 Å². The third-order valence-corrected chi connectivity index (χ3v) is 4.36. The van der Waals surface area contributed by atoms with Crippen molar-refractivity contribution in [1.82, 2.24) is 24.8 Å². The minimum atomic E-state index is -0.336. The van der Waals surface area contributed by atoms with Gasteiger partial charge in [-0.15, -0.1) is 0 Å². The minimum Gasteiger partial charge on any atom is -0.277 e. The molecule has 0 aliphatic heterocycles. The van der Waals surface area contributed by atoms with Gasteiger partial charge in [-0.1, -0.05) is 12.1 Å². The van der Waals surface area contributed by atoms with E-state index in [4.69, 9.17) is 0 Å². The van der Waals surface area contributed by atoms with Crippen molar-refractivity contribution in [3.8, 4) is 5.69 Å². The fourth-order valence-corrected chi connectivity index (χ4v) is 2.93. The van der Waals surface area contributed by atoms with Crippen LogP contribution in [0, 0.1) is 0 Å². The van der Waals surface area contributed by atoms with Crippen LogP contribution < -0.4 is 16.4 Å². The lowest BCUT2D eigenvalue weighted by molar-refractivity contribution is 0.0962. The van der Waals surface area contributed by atoms with Gasteiger partial charge in [-0.3, -0.25) is 25.0 Å². The van der Waals surface area contributed by atoms with Crippen molar-refractivity contribution in [2.24, 2.45) is 0 Å². The van der Waals surface area contributed by atoms with Crippen LogP contribution in [0.15, 0.2) is 71.8 Å². The number of aromatic nitrogens is 4. The van der Waals surface area contributed by atoms with Gasteiger partial charge in [0.2, 0.25) is 5.95 Å². The Morgan fingerprint density at radius 3 is 2.57 bits per heavy atom. The number of anilines is 1. The second kappa shape index (κ2) is 7.36. The Hall–Kier alpha value is -3.94. The molecule has 2 aromatic carbocycles. The lowest BCUT2D eigenvalue weighted by atomic mass is 10.2. The van der Waals surface area contributed by atoms with E-state index in [-0.39, 0.29) is 17.4 Å². The number of nitrogens with one attached hydrogen (secondary N) is 2. The van der Waals surface area contributed by atoms with Gasteiger partial charge in [-0.05, 0) is 49.4 Å². The molecule has 0 atom stereocenters. The third kappa shape index (κ3) is 3.23.